The molecule has 0 saturated carbocycles. The number of esters is 2. The highest BCUT2D eigenvalue weighted by atomic mass is 16.6. The van der Waals surface area contributed by atoms with E-state index in [1.807, 2.05) is 30.3 Å². The van der Waals surface area contributed by atoms with Crippen molar-refractivity contribution in [3.8, 4) is 5.75 Å². The highest BCUT2D eigenvalue weighted by Crippen LogP contribution is 2.20. The number of carbonyl (C=O) groups is 2. The van der Waals surface area contributed by atoms with Crippen molar-refractivity contribution in [1.29, 1.82) is 0 Å². The minimum atomic E-state index is -1.14. The Morgan fingerprint density at radius 1 is 0.933 bits per heavy atom. The summed E-state index contributed by atoms with van der Waals surface area (Å²) in [4.78, 5) is 23.4. The Morgan fingerprint density at radius 2 is 1.53 bits per heavy atom. The fourth-order valence-corrected chi connectivity index (χ4v) is 2.39. The second-order valence-corrected chi connectivity index (χ2v) is 6.22. The van der Waals surface area contributed by atoms with Crippen molar-refractivity contribution >= 4 is 24.1 Å². The standard InChI is InChI=1S/C23H24O7/c1-28-21-13-18(7-10-19(21)14-24)9-12-23(27)30-16-20(25)15-29-22(26)11-8-17-5-3-2-4-6-17/h2-13,20,24-25H,14-16H2,1H3/b11-8+,12-9+. The zero-order valence-corrected chi connectivity index (χ0v) is 16.6. The van der Waals surface area contributed by atoms with Gasteiger partial charge in [-0.1, -0.05) is 42.5 Å². The summed E-state index contributed by atoms with van der Waals surface area (Å²) in [6.07, 6.45) is 4.44. The van der Waals surface area contributed by atoms with Gasteiger partial charge in [0.25, 0.3) is 0 Å². The van der Waals surface area contributed by atoms with Crippen molar-refractivity contribution in [1.82, 2.24) is 0 Å². The van der Waals surface area contributed by atoms with Gasteiger partial charge >= 0.3 is 11.9 Å². The number of aliphatic hydroxyl groups is 2. The first kappa shape index (κ1) is 22.9. The first-order chi connectivity index (χ1) is 14.5. The summed E-state index contributed by atoms with van der Waals surface area (Å²) in [6.45, 7) is -0.764. The molecule has 0 aliphatic rings. The minimum Gasteiger partial charge on any atom is -0.496 e. The number of aliphatic hydroxyl groups excluding tert-OH is 2. The maximum Gasteiger partial charge on any atom is 0.330 e. The van der Waals surface area contributed by atoms with Crippen LogP contribution in [0.1, 0.15) is 16.7 Å². The Bertz CT molecular complexity index is 888. The molecule has 2 N–H and O–H groups in total. The SMILES string of the molecule is COc1cc(/C=C/C(=O)OCC(O)COC(=O)/C=C/c2ccccc2)ccc1CO. The van der Waals surface area contributed by atoms with Crippen LogP contribution in [0.25, 0.3) is 12.2 Å². The molecule has 2 aromatic rings. The van der Waals surface area contributed by atoms with Crippen LogP contribution >= 0.6 is 0 Å². The van der Waals surface area contributed by atoms with E-state index in [4.69, 9.17) is 14.2 Å². The van der Waals surface area contributed by atoms with E-state index < -0.39 is 18.0 Å². The van der Waals surface area contributed by atoms with Gasteiger partial charge in [0.05, 0.1) is 13.7 Å². The molecule has 0 aliphatic carbocycles. The third-order valence-corrected chi connectivity index (χ3v) is 3.94. The zero-order chi connectivity index (χ0) is 21.8. The first-order valence-corrected chi connectivity index (χ1v) is 9.22. The molecule has 7 heteroatoms. The lowest BCUT2D eigenvalue weighted by Crippen LogP contribution is -2.24. The van der Waals surface area contributed by atoms with Gasteiger partial charge in [-0.2, -0.15) is 0 Å². The predicted molar refractivity (Wildman–Crippen MR) is 111 cm³/mol. The van der Waals surface area contributed by atoms with Crippen LogP contribution in [-0.2, 0) is 25.7 Å². The molecule has 0 aromatic heterocycles. The van der Waals surface area contributed by atoms with E-state index in [2.05, 4.69) is 0 Å². The Kier molecular flexibility index (Phi) is 9.30. The number of hydrogen-bond acceptors (Lipinski definition) is 7. The summed E-state index contributed by atoms with van der Waals surface area (Å²) in [5.74, 6) is -0.759. The average molecular weight is 412 g/mol. The van der Waals surface area contributed by atoms with Crippen LogP contribution in [0.4, 0.5) is 0 Å². The molecule has 0 aliphatic heterocycles. The fraction of sp³-hybridized carbons (Fsp3) is 0.217. The van der Waals surface area contributed by atoms with Gasteiger partial charge in [0.15, 0.2) is 0 Å². The maximum absolute atomic E-state index is 11.8. The number of methoxy groups -OCH3 is 1. The van der Waals surface area contributed by atoms with Crippen molar-refractivity contribution in [2.24, 2.45) is 0 Å². The van der Waals surface area contributed by atoms with E-state index in [9.17, 15) is 19.8 Å². The third-order valence-electron chi connectivity index (χ3n) is 3.94. The summed E-state index contributed by atoms with van der Waals surface area (Å²) in [5, 5.41) is 19.0. The Hall–Kier alpha value is -3.42. The Balaban J connectivity index is 1.73. The lowest BCUT2D eigenvalue weighted by Gasteiger charge is -2.10. The topological polar surface area (TPSA) is 102 Å². The molecule has 0 spiro atoms. The van der Waals surface area contributed by atoms with Crippen LogP contribution in [-0.4, -0.2) is 48.6 Å². The molecule has 0 heterocycles. The van der Waals surface area contributed by atoms with Crippen LogP contribution in [0.2, 0.25) is 0 Å². The number of hydrogen-bond donors (Lipinski definition) is 2. The van der Waals surface area contributed by atoms with Gasteiger partial charge in [0.2, 0.25) is 0 Å². The number of ether oxygens (including phenoxy) is 3. The van der Waals surface area contributed by atoms with E-state index in [0.29, 0.717) is 16.9 Å². The van der Waals surface area contributed by atoms with Gasteiger partial charge in [0.1, 0.15) is 25.1 Å². The second-order valence-electron chi connectivity index (χ2n) is 6.22. The van der Waals surface area contributed by atoms with Gasteiger partial charge in [-0.25, -0.2) is 9.59 Å². The van der Waals surface area contributed by atoms with Crippen molar-refractivity contribution in [2.45, 2.75) is 12.7 Å². The molecule has 0 radical (unpaired) electrons. The van der Waals surface area contributed by atoms with Gasteiger partial charge in [-0.15, -0.1) is 0 Å². The highest BCUT2D eigenvalue weighted by molar-refractivity contribution is 5.87. The normalized spacial score (nSPS) is 12.1. The number of benzene rings is 2. The number of rotatable bonds is 10. The zero-order valence-electron chi connectivity index (χ0n) is 16.6. The van der Waals surface area contributed by atoms with Crippen LogP contribution in [0.5, 0.6) is 5.75 Å². The summed E-state index contributed by atoms with van der Waals surface area (Å²) < 4.78 is 15.0. The molecule has 7 nitrogen and oxygen atoms in total. The highest BCUT2D eigenvalue weighted by Gasteiger charge is 2.10. The fourth-order valence-electron chi connectivity index (χ4n) is 2.39. The molecule has 1 atom stereocenters. The molecule has 0 amide bonds. The molecule has 0 saturated heterocycles. The molecular formula is C23H24O7. The Labute approximate surface area is 174 Å². The van der Waals surface area contributed by atoms with Crippen molar-refractivity contribution in [3.63, 3.8) is 0 Å². The molecule has 1 unspecified atom stereocenters. The van der Waals surface area contributed by atoms with Crippen LogP contribution in [0, 0.1) is 0 Å². The molecule has 2 rings (SSSR count). The molecule has 30 heavy (non-hydrogen) atoms. The van der Waals surface area contributed by atoms with Crippen LogP contribution in [0.3, 0.4) is 0 Å². The van der Waals surface area contributed by atoms with E-state index in [1.54, 1.807) is 24.3 Å². The third kappa shape index (κ3) is 7.90. The van der Waals surface area contributed by atoms with Crippen molar-refractivity contribution in [3.05, 3.63) is 77.4 Å². The second kappa shape index (κ2) is 12.2. The van der Waals surface area contributed by atoms with E-state index >= 15 is 0 Å². The van der Waals surface area contributed by atoms with E-state index in [-0.39, 0.29) is 19.8 Å². The lowest BCUT2D eigenvalue weighted by molar-refractivity contribution is -0.146. The summed E-state index contributed by atoms with van der Waals surface area (Å²) >= 11 is 0. The minimum absolute atomic E-state index is 0.153. The average Bonchev–Trinajstić information content (AvgIpc) is 2.79. The first-order valence-electron chi connectivity index (χ1n) is 9.22. The van der Waals surface area contributed by atoms with Crippen LogP contribution < -0.4 is 4.74 Å². The van der Waals surface area contributed by atoms with Crippen molar-refractivity contribution in [2.75, 3.05) is 20.3 Å². The summed E-state index contributed by atoms with van der Waals surface area (Å²) in [5.41, 5.74) is 2.16. The summed E-state index contributed by atoms with van der Waals surface area (Å²) in [6, 6.07) is 14.3. The van der Waals surface area contributed by atoms with E-state index in [0.717, 1.165) is 5.56 Å². The number of carbonyl (C=O) groups excluding carboxylic acids is 2. The molecule has 2 aromatic carbocycles. The lowest BCUT2D eigenvalue weighted by atomic mass is 10.1. The molecule has 0 fully saturated rings. The monoisotopic (exact) mass is 412 g/mol. The maximum atomic E-state index is 11.8. The molecular weight excluding hydrogens is 388 g/mol. The van der Waals surface area contributed by atoms with Gasteiger partial charge in [-0.3, -0.25) is 0 Å². The molecule has 158 valence electrons. The summed E-state index contributed by atoms with van der Waals surface area (Å²) in [7, 11) is 1.49. The van der Waals surface area contributed by atoms with Gasteiger partial charge in [0, 0.05) is 17.7 Å². The predicted octanol–water partition coefficient (Wildman–Crippen LogP) is 2.36. The quantitative estimate of drug-likeness (QED) is 0.456. The largest absolute Gasteiger partial charge is 0.496 e. The van der Waals surface area contributed by atoms with E-state index in [1.165, 1.54) is 25.3 Å². The smallest absolute Gasteiger partial charge is 0.330 e. The van der Waals surface area contributed by atoms with Crippen molar-refractivity contribution < 1.29 is 34.0 Å². The molecule has 0 bridgehead atoms. The van der Waals surface area contributed by atoms with Gasteiger partial charge < -0.3 is 24.4 Å². The Morgan fingerprint density at radius 3 is 2.10 bits per heavy atom. The van der Waals surface area contributed by atoms with Gasteiger partial charge in [-0.05, 0) is 29.3 Å². The van der Waals surface area contributed by atoms with Crippen LogP contribution in [0.15, 0.2) is 60.7 Å².